The fourth-order valence-corrected chi connectivity index (χ4v) is 0.720. The topological polar surface area (TPSA) is 33.5 Å². The summed E-state index contributed by atoms with van der Waals surface area (Å²) in [5.74, 6) is 0.767. The normalized spacial score (nSPS) is 9.64. The Hall–Kier alpha value is -1.25. The lowest BCUT2D eigenvalue weighted by Gasteiger charge is -2.07. The minimum atomic E-state index is 0.0555. The Morgan fingerprint density at radius 2 is 2.36 bits per heavy atom. The highest BCUT2D eigenvalue weighted by Gasteiger charge is 2.06. The van der Waals surface area contributed by atoms with E-state index in [1.807, 2.05) is 0 Å². The van der Waals surface area contributed by atoms with Crippen LogP contribution in [0.4, 0.5) is 0 Å². The van der Waals surface area contributed by atoms with Gasteiger partial charge in [-0.1, -0.05) is 0 Å². The van der Waals surface area contributed by atoms with Crippen LogP contribution in [0.15, 0.2) is 22.8 Å². The molecule has 0 aliphatic carbocycles. The second kappa shape index (κ2) is 3.23. The lowest BCUT2D eigenvalue weighted by molar-refractivity contribution is -0.128. The van der Waals surface area contributed by atoms with Crippen LogP contribution in [0.1, 0.15) is 5.76 Å². The van der Waals surface area contributed by atoms with Crippen LogP contribution in [-0.4, -0.2) is 24.9 Å². The Morgan fingerprint density at radius 3 is 2.82 bits per heavy atom. The van der Waals surface area contributed by atoms with E-state index in [4.69, 9.17) is 4.42 Å². The molecule has 1 amide bonds. The van der Waals surface area contributed by atoms with Crippen molar-refractivity contribution >= 4 is 5.91 Å². The number of likely N-dealkylation sites (N-methyl/N-ethyl adjacent to an activating group) is 1. The van der Waals surface area contributed by atoms with E-state index in [2.05, 4.69) is 0 Å². The van der Waals surface area contributed by atoms with Crippen molar-refractivity contribution in [1.29, 1.82) is 0 Å². The van der Waals surface area contributed by atoms with Crippen LogP contribution in [0.5, 0.6) is 0 Å². The SMILES string of the molecule is CN(C)C(=O)Cc1ccco1. The molecule has 1 aromatic heterocycles. The summed E-state index contributed by atoms with van der Waals surface area (Å²) in [5, 5.41) is 0. The quantitative estimate of drug-likeness (QED) is 0.632. The van der Waals surface area contributed by atoms with Gasteiger partial charge in [0.25, 0.3) is 0 Å². The highest BCUT2D eigenvalue weighted by molar-refractivity contribution is 5.77. The predicted octanol–water partition coefficient (Wildman–Crippen LogP) is 0.910. The molecule has 0 aliphatic rings. The van der Waals surface area contributed by atoms with Crippen LogP contribution in [0, 0.1) is 0 Å². The van der Waals surface area contributed by atoms with Crippen molar-refractivity contribution in [3.05, 3.63) is 24.2 Å². The highest BCUT2D eigenvalue weighted by atomic mass is 16.3. The van der Waals surface area contributed by atoms with Crippen molar-refractivity contribution in [3.63, 3.8) is 0 Å². The summed E-state index contributed by atoms with van der Waals surface area (Å²) in [5.41, 5.74) is 0. The first-order valence-electron chi connectivity index (χ1n) is 3.42. The minimum Gasteiger partial charge on any atom is -0.469 e. The predicted molar refractivity (Wildman–Crippen MR) is 41.1 cm³/mol. The van der Waals surface area contributed by atoms with Gasteiger partial charge >= 0.3 is 0 Å². The number of furan rings is 1. The standard InChI is InChI=1S/C8H11NO2/c1-9(2)8(10)6-7-4-3-5-11-7/h3-5H,6H2,1-2H3. The van der Waals surface area contributed by atoms with Gasteiger partial charge in [0.15, 0.2) is 0 Å². The Morgan fingerprint density at radius 1 is 1.64 bits per heavy atom. The molecule has 1 heterocycles. The molecule has 0 N–H and O–H groups in total. The fraction of sp³-hybridized carbons (Fsp3) is 0.375. The van der Waals surface area contributed by atoms with Crippen LogP contribution in [0.25, 0.3) is 0 Å². The van der Waals surface area contributed by atoms with Gasteiger partial charge < -0.3 is 9.32 Å². The molecular weight excluding hydrogens is 142 g/mol. The first-order chi connectivity index (χ1) is 5.20. The summed E-state index contributed by atoms with van der Waals surface area (Å²) < 4.78 is 5.01. The molecule has 0 spiro atoms. The van der Waals surface area contributed by atoms with E-state index in [9.17, 15) is 4.79 Å². The minimum absolute atomic E-state index is 0.0555. The van der Waals surface area contributed by atoms with Gasteiger partial charge in [-0.3, -0.25) is 4.79 Å². The lowest BCUT2D eigenvalue weighted by atomic mass is 10.3. The third-order valence-electron chi connectivity index (χ3n) is 1.40. The summed E-state index contributed by atoms with van der Waals surface area (Å²) in [6, 6.07) is 3.57. The fourth-order valence-electron chi connectivity index (χ4n) is 0.720. The number of rotatable bonds is 2. The molecule has 60 valence electrons. The molecule has 0 radical (unpaired) electrons. The van der Waals surface area contributed by atoms with Crippen molar-refractivity contribution < 1.29 is 9.21 Å². The first-order valence-corrected chi connectivity index (χ1v) is 3.42. The number of carbonyl (C=O) groups is 1. The summed E-state index contributed by atoms with van der Waals surface area (Å²) in [4.78, 5) is 12.6. The van der Waals surface area contributed by atoms with Gasteiger partial charge in [0, 0.05) is 14.1 Å². The Kier molecular flexibility index (Phi) is 2.31. The molecule has 0 saturated carbocycles. The van der Waals surface area contributed by atoms with Crippen molar-refractivity contribution in [2.24, 2.45) is 0 Å². The summed E-state index contributed by atoms with van der Waals surface area (Å²) in [6.07, 6.45) is 1.91. The third kappa shape index (κ3) is 2.11. The van der Waals surface area contributed by atoms with Gasteiger partial charge in [-0.05, 0) is 12.1 Å². The number of nitrogens with zero attached hydrogens (tertiary/aromatic N) is 1. The second-order valence-electron chi connectivity index (χ2n) is 2.54. The van der Waals surface area contributed by atoms with Gasteiger partial charge in [0.2, 0.25) is 5.91 Å². The largest absolute Gasteiger partial charge is 0.469 e. The van der Waals surface area contributed by atoms with Crippen LogP contribution < -0.4 is 0 Å². The molecule has 0 fully saturated rings. The summed E-state index contributed by atoms with van der Waals surface area (Å²) in [7, 11) is 3.45. The third-order valence-corrected chi connectivity index (χ3v) is 1.40. The van der Waals surface area contributed by atoms with E-state index in [1.54, 1.807) is 37.4 Å². The average Bonchev–Trinajstić information content (AvgIpc) is 2.39. The molecule has 0 aromatic carbocycles. The highest BCUT2D eigenvalue weighted by Crippen LogP contribution is 2.01. The molecule has 0 unspecified atom stereocenters. The van der Waals surface area contributed by atoms with E-state index < -0.39 is 0 Å². The lowest BCUT2D eigenvalue weighted by Crippen LogP contribution is -2.23. The monoisotopic (exact) mass is 153 g/mol. The van der Waals surface area contributed by atoms with Crippen molar-refractivity contribution in [2.45, 2.75) is 6.42 Å². The Labute approximate surface area is 65.6 Å². The van der Waals surface area contributed by atoms with E-state index in [1.165, 1.54) is 0 Å². The first kappa shape index (κ1) is 7.85. The molecule has 3 nitrogen and oxygen atoms in total. The van der Waals surface area contributed by atoms with E-state index in [0.29, 0.717) is 12.2 Å². The van der Waals surface area contributed by atoms with Crippen LogP contribution in [0.3, 0.4) is 0 Å². The molecule has 0 atom stereocenters. The summed E-state index contributed by atoms with van der Waals surface area (Å²) >= 11 is 0. The zero-order valence-corrected chi connectivity index (χ0v) is 6.70. The van der Waals surface area contributed by atoms with Gasteiger partial charge in [0.1, 0.15) is 5.76 Å². The van der Waals surface area contributed by atoms with Crippen LogP contribution >= 0.6 is 0 Å². The smallest absolute Gasteiger partial charge is 0.229 e. The van der Waals surface area contributed by atoms with Gasteiger partial charge in [-0.25, -0.2) is 0 Å². The molecule has 0 saturated heterocycles. The van der Waals surface area contributed by atoms with Crippen molar-refractivity contribution in [3.8, 4) is 0 Å². The maximum absolute atomic E-state index is 11.1. The van der Waals surface area contributed by atoms with Gasteiger partial charge in [-0.15, -0.1) is 0 Å². The number of amides is 1. The number of carbonyl (C=O) groups excluding carboxylic acids is 1. The van der Waals surface area contributed by atoms with Gasteiger partial charge in [-0.2, -0.15) is 0 Å². The zero-order valence-electron chi connectivity index (χ0n) is 6.70. The molecule has 3 heteroatoms. The van der Waals surface area contributed by atoms with E-state index >= 15 is 0 Å². The Balaban J connectivity index is 2.50. The van der Waals surface area contributed by atoms with Crippen LogP contribution in [0.2, 0.25) is 0 Å². The number of hydrogen-bond acceptors (Lipinski definition) is 2. The molecule has 0 aliphatic heterocycles. The second-order valence-corrected chi connectivity index (χ2v) is 2.54. The zero-order chi connectivity index (χ0) is 8.27. The molecule has 1 aromatic rings. The van der Waals surface area contributed by atoms with Crippen molar-refractivity contribution in [2.75, 3.05) is 14.1 Å². The Bertz CT molecular complexity index is 226. The van der Waals surface area contributed by atoms with Gasteiger partial charge in [0.05, 0.1) is 12.7 Å². The maximum atomic E-state index is 11.1. The average molecular weight is 153 g/mol. The molecule has 0 bridgehead atoms. The number of hydrogen-bond donors (Lipinski definition) is 0. The molecule has 11 heavy (non-hydrogen) atoms. The van der Waals surface area contributed by atoms with E-state index in [-0.39, 0.29) is 5.91 Å². The van der Waals surface area contributed by atoms with Crippen LogP contribution in [-0.2, 0) is 11.2 Å². The molecule has 1 rings (SSSR count). The van der Waals surface area contributed by atoms with Crippen molar-refractivity contribution in [1.82, 2.24) is 4.90 Å². The molecular formula is C8H11NO2. The maximum Gasteiger partial charge on any atom is 0.229 e. The summed E-state index contributed by atoms with van der Waals surface area (Å²) in [6.45, 7) is 0. The van der Waals surface area contributed by atoms with E-state index in [0.717, 1.165) is 0 Å².